The summed E-state index contributed by atoms with van der Waals surface area (Å²) in [6, 6.07) is 14.1. The summed E-state index contributed by atoms with van der Waals surface area (Å²) in [4.78, 5) is 43.5. The highest BCUT2D eigenvalue weighted by molar-refractivity contribution is 6.31. The van der Waals surface area contributed by atoms with Gasteiger partial charge in [-0.1, -0.05) is 48.0 Å². The number of imide groups is 1. The van der Waals surface area contributed by atoms with Gasteiger partial charge in [-0.3, -0.25) is 9.69 Å². The van der Waals surface area contributed by atoms with Crippen molar-refractivity contribution in [3.05, 3.63) is 64.7 Å². The van der Waals surface area contributed by atoms with E-state index < -0.39 is 6.04 Å². The quantitative estimate of drug-likeness (QED) is 0.743. The first-order chi connectivity index (χ1) is 15.0. The van der Waals surface area contributed by atoms with E-state index in [9.17, 15) is 14.4 Å². The van der Waals surface area contributed by atoms with Gasteiger partial charge in [-0.25, -0.2) is 9.59 Å². The van der Waals surface area contributed by atoms with Gasteiger partial charge in [0.25, 0.3) is 5.91 Å². The fourth-order valence-corrected chi connectivity index (χ4v) is 4.74. The van der Waals surface area contributed by atoms with Crippen LogP contribution < -0.4 is 5.32 Å². The molecular formula is C23H23ClN4O3. The van der Waals surface area contributed by atoms with Crippen LogP contribution in [0.15, 0.2) is 48.5 Å². The maximum atomic E-state index is 13.1. The Morgan fingerprint density at radius 2 is 1.84 bits per heavy atom. The number of amides is 5. The number of nitrogens with zero attached hydrogens (tertiary/aromatic N) is 3. The van der Waals surface area contributed by atoms with E-state index in [0.717, 1.165) is 17.5 Å². The predicted molar refractivity (Wildman–Crippen MR) is 117 cm³/mol. The van der Waals surface area contributed by atoms with Crippen LogP contribution in [0.5, 0.6) is 0 Å². The second-order valence-corrected chi connectivity index (χ2v) is 8.72. The summed E-state index contributed by atoms with van der Waals surface area (Å²) in [7, 11) is 0. The number of halogens is 1. The van der Waals surface area contributed by atoms with Gasteiger partial charge < -0.3 is 15.1 Å². The zero-order valence-corrected chi connectivity index (χ0v) is 17.9. The number of urea groups is 2. The van der Waals surface area contributed by atoms with E-state index >= 15 is 0 Å². The molecule has 160 valence electrons. The molecular weight excluding hydrogens is 416 g/mol. The van der Waals surface area contributed by atoms with Gasteiger partial charge in [-0.2, -0.15) is 0 Å². The Kier molecular flexibility index (Phi) is 4.85. The standard InChI is InChI=1S/C23H23ClN4O3/c1-14-17(24)8-5-9-18(14)25-22(30)26-10-11-27-20(13-26)21(29)28(23(27)31)19-12-16(19)15-6-3-2-4-7-15/h2-9,16,19-20H,10-13H2,1H3,(H,25,30)/t16-,19+,20?/m0/s1. The lowest BCUT2D eigenvalue weighted by molar-refractivity contribution is -0.129. The molecule has 31 heavy (non-hydrogen) atoms. The number of anilines is 1. The highest BCUT2D eigenvalue weighted by atomic mass is 35.5. The van der Waals surface area contributed by atoms with Gasteiger partial charge in [0.05, 0.1) is 6.54 Å². The maximum Gasteiger partial charge on any atom is 0.327 e. The third kappa shape index (κ3) is 3.43. The molecule has 2 saturated heterocycles. The van der Waals surface area contributed by atoms with Crippen LogP contribution in [0.2, 0.25) is 5.02 Å². The van der Waals surface area contributed by atoms with Gasteiger partial charge in [0.1, 0.15) is 6.04 Å². The molecule has 1 aliphatic carbocycles. The van der Waals surface area contributed by atoms with Crippen molar-refractivity contribution in [1.29, 1.82) is 0 Å². The maximum absolute atomic E-state index is 13.1. The molecule has 2 heterocycles. The summed E-state index contributed by atoms with van der Waals surface area (Å²) in [5, 5.41) is 3.45. The number of rotatable bonds is 3. The van der Waals surface area contributed by atoms with Gasteiger partial charge in [-0.15, -0.1) is 0 Å². The van der Waals surface area contributed by atoms with E-state index in [-0.39, 0.29) is 36.5 Å². The first-order valence-corrected chi connectivity index (χ1v) is 10.8. The summed E-state index contributed by atoms with van der Waals surface area (Å²) in [6.07, 6.45) is 0.792. The molecule has 5 amide bonds. The van der Waals surface area contributed by atoms with E-state index in [1.807, 2.05) is 37.3 Å². The van der Waals surface area contributed by atoms with E-state index in [0.29, 0.717) is 23.8 Å². The van der Waals surface area contributed by atoms with Gasteiger partial charge in [-0.05, 0) is 36.6 Å². The molecule has 1 N–H and O–H groups in total. The highest BCUT2D eigenvalue weighted by Gasteiger charge is 2.56. The Labute approximate surface area is 185 Å². The molecule has 5 rings (SSSR count). The van der Waals surface area contributed by atoms with Crippen molar-refractivity contribution < 1.29 is 14.4 Å². The van der Waals surface area contributed by atoms with Crippen LogP contribution in [0.25, 0.3) is 0 Å². The second kappa shape index (κ2) is 7.57. The van der Waals surface area contributed by atoms with Crippen molar-refractivity contribution in [1.82, 2.24) is 14.7 Å². The Hall–Kier alpha value is -3.06. The van der Waals surface area contributed by atoms with E-state index in [4.69, 9.17) is 11.6 Å². The number of piperazine rings is 1. The van der Waals surface area contributed by atoms with Gasteiger partial charge in [0.15, 0.2) is 0 Å². The van der Waals surface area contributed by atoms with Gasteiger partial charge in [0, 0.05) is 35.8 Å². The Morgan fingerprint density at radius 1 is 1.06 bits per heavy atom. The molecule has 3 aliphatic rings. The summed E-state index contributed by atoms with van der Waals surface area (Å²) >= 11 is 6.14. The Bertz CT molecular complexity index is 1060. The van der Waals surface area contributed by atoms with Crippen LogP contribution in [0.1, 0.15) is 23.5 Å². The van der Waals surface area contributed by atoms with Crippen molar-refractivity contribution >= 4 is 35.3 Å². The fourth-order valence-electron chi connectivity index (χ4n) is 4.57. The van der Waals surface area contributed by atoms with Crippen LogP contribution in [0, 0.1) is 6.92 Å². The molecule has 0 aromatic heterocycles. The number of carbonyl (C=O) groups excluding carboxylic acids is 3. The molecule has 2 aromatic rings. The topological polar surface area (TPSA) is 73.0 Å². The molecule has 0 bridgehead atoms. The zero-order chi connectivity index (χ0) is 21.7. The van der Waals surface area contributed by atoms with Crippen molar-refractivity contribution in [2.45, 2.75) is 31.3 Å². The average Bonchev–Trinajstić information content (AvgIpc) is 3.52. The molecule has 2 aliphatic heterocycles. The summed E-state index contributed by atoms with van der Waals surface area (Å²) < 4.78 is 0. The Morgan fingerprint density at radius 3 is 2.61 bits per heavy atom. The number of hydrogen-bond donors (Lipinski definition) is 1. The normalized spacial score (nSPS) is 25.0. The first-order valence-electron chi connectivity index (χ1n) is 10.5. The van der Waals surface area contributed by atoms with Crippen LogP contribution >= 0.6 is 11.6 Å². The largest absolute Gasteiger partial charge is 0.327 e. The average molecular weight is 439 g/mol. The third-order valence-electron chi connectivity index (χ3n) is 6.47. The zero-order valence-electron chi connectivity index (χ0n) is 17.1. The molecule has 3 fully saturated rings. The first kappa shape index (κ1) is 19.9. The van der Waals surface area contributed by atoms with Gasteiger partial charge in [0.2, 0.25) is 0 Å². The van der Waals surface area contributed by atoms with Crippen molar-refractivity contribution in [2.24, 2.45) is 0 Å². The monoisotopic (exact) mass is 438 g/mol. The summed E-state index contributed by atoms with van der Waals surface area (Å²) in [5.41, 5.74) is 2.57. The van der Waals surface area contributed by atoms with Crippen LogP contribution in [0.4, 0.5) is 15.3 Å². The number of hydrogen-bond acceptors (Lipinski definition) is 3. The van der Waals surface area contributed by atoms with Crippen LogP contribution in [0.3, 0.4) is 0 Å². The Balaban J connectivity index is 1.27. The number of benzene rings is 2. The van der Waals surface area contributed by atoms with Crippen molar-refractivity contribution in [2.75, 3.05) is 25.0 Å². The second-order valence-electron chi connectivity index (χ2n) is 8.31. The minimum absolute atomic E-state index is 0.0932. The minimum Gasteiger partial charge on any atom is -0.320 e. The number of fused-ring (bicyclic) bond motifs is 1. The van der Waals surface area contributed by atoms with Crippen LogP contribution in [-0.4, -0.2) is 64.4 Å². The third-order valence-corrected chi connectivity index (χ3v) is 6.88. The molecule has 0 radical (unpaired) electrons. The molecule has 1 unspecified atom stereocenters. The molecule has 1 saturated carbocycles. The lowest BCUT2D eigenvalue weighted by Crippen LogP contribution is -2.55. The fraction of sp³-hybridized carbons (Fsp3) is 0.348. The SMILES string of the molecule is Cc1c(Cl)cccc1NC(=O)N1CCN2C(=O)N([C@@H]3C[C@H]3c3ccccc3)C(=O)C2C1. The summed E-state index contributed by atoms with van der Waals surface area (Å²) in [5.74, 6) is -0.00877. The van der Waals surface area contributed by atoms with Gasteiger partial charge >= 0.3 is 12.1 Å². The number of carbonyl (C=O) groups is 3. The lowest BCUT2D eigenvalue weighted by Gasteiger charge is -2.35. The van der Waals surface area contributed by atoms with Crippen molar-refractivity contribution in [3.63, 3.8) is 0 Å². The number of nitrogens with one attached hydrogen (secondary N) is 1. The molecule has 8 heteroatoms. The summed E-state index contributed by atoms with van der Waals surface area (Å²) in [6.45, 7) is 2.75. The predicted octanol–water partition coefficient (Wildman–Crippen LogP) is 3.68. The lowest BCUT2D eigenvalue weighted by atomic mass is 10.1. The smallest absolute Gasteiger partial charge is 0.320 e. The van der Waals surface area contributed by atoms with Crippen molar-refractivity contribution in [3.8, 4) is 0 Å². The highest BCUT2D eigenvalue weighted by Crippen LogP contribution is 2.46. The minimum atomic E-state index is -0.621. The van der Waals surface area contributed by atoms with E-state index in [1.165, 1.54) is 4.90 Å². The molecule has 0 spiro atoms. The molecule has 7 nitrogen and oxygen atoms in total. The molecule has 2 aromatic carbocycles. The van der Waals surface area contributed by atoms with E-state index in [2.05, 4.69) is 5.32 Å². The molecule has 3 atom stereocenters. The van der Waals surface area contributed by atoms with E-state index in [1.54, 1.807) is 28.0 Å². The van der Waals surface area contributed by atoms with Crippen LogP contribution in [-0.2, 0) is 4.79 Å².